The zero-order chi connectivity index (χ0) is 8.70. The van der Waals surface area contributed by atoms with Crippen molar-refractivity contribution in [3.8, 4) is 0 Å². The van der Waals surface area contributed by atoms with Crippen molar-refractivity contribution in [3.63, 3.8) is 0 Å². The first kappa shape index (κ1) is 8.57. The van der Waals surface area contributed by atoms with Crippen LogP contribution in [0.1, 0.15) is 40.5 Å². The molecule has 1 amide bonds. The van der Waals surface area contributed by atoms with Gasteiger partial charge in [0.2, 0.25) is 5.91 Å². The lowest BCUT2D eigenvalue weighted by atomic mass is 10.0. The maximum Gasteiger partial charge on any atom is 0.226 e. The van der Waals surface area contributed by atoms with Crippen LogP contribution in [0, 0.1) is 5.41 Å². The molecule has 0 aromatic carbocycles. The van der Waals surface area contributed by atoms with E-state index in [1.165, 1.54) is 0 Å². The fourth-order valence-corrected chi connectivity index (χ4v) is 0.906. The Morgan fingerprint density at radius 1 is 1.36 bits per heavy atom. The minimum absolute atomic E-state index is 0.0344. The van der Waals surface area contributed by atoms with Gasteiger partial charge in [-0.1, -0.05) is 6.92 Å². The number of hydrogen-bond donors (Lipinski definition) is 1. The van der Waals surface area contributed by atoms with Crippen molar-refractivity contribution in [1.82, 2.24) is 5.32 Å². The van der Waals surface area contributed by atoms with E-state index in [-0.39, 0.29) is 16.9 Å². The van der Waals surface area contributed by atoms with Gasteiger partial charge in [0, 0.05) is 11.0 Å². The summed E-state index contributed by atoms with van der Waals surface area (Å²) >= 11 is 0. The van der Waals surface area contributed by atoms with Gasteiger partial charge in [-0.25, -0.2) is 0 Å². The molecular weight excluding hydrogens is 138 g/mol. The van der Waals surface area contributed by atoms with Gasteiger partial charge in [0.1, 0.15) is 0 Å². The Hall–Kier alpha value is -0.530. The minimum Gasteiger partial charge on any atom is -0.351 e. The molecule has 1 fully saturated rings. The number of carbonyl (C=O) groups excluding carboxylic acids is 1. The molecule has 0 spiro atoms. The van der Waals surface area contributed by atoms with E-state index < -0.39 is 0 Å². The molecule has 1 aliphatic carbocycles. The zero-order valence-electron chi connectivity index (χ0n) is 7.82. The van der Waals surface area contributed by atoms with Crippen molar-refractivity contribution in [2.24, 2.45) is 5.41 Å². The molecule has 0 bridgehead atoms. The Kier molecular flexibility index (Phi) is 1.73. The van der Waals surface area contributed by atoms with Crippen molar-refractivity contribution in [3.05, 3.63) is 0 Å². The zero-order valence-corrected chi connectivity index (χ0v) is 7.82. The maximum atomic E-state index is 11.4. The number of nitrogens with one attached hydrogen (secondary N) is 1. The molecule has 0 aromatic rings. The summed E-state index contributed by atoms with van der Waals surface area (Å²) in [5, 5.41) is 2.98. The molecule has 1 saturated carbocycles. The molecule has 0 saturated heterocycles. The second kappa shape index (κ2) is 2.23. The molecule has 0 aliphatic heterocycles. The molecule has 2 nitrogen and oxygen atoms in total. The van der Waals surface area contributed by atoms with Crippen molar-refractivity contribution in [2.45, 2.75) is 46.1 Å². The number of rotatable bonds is 1. The summed E-state index contributed by atoms with van der Waals surface area (Å²) in [5.74, 6) is 0.213. The van der Waals surface area contributed by atoms with Gasteiger partial charge in [-0.15, -0.1) is 0 Å². The highest BCUT2D eigenvalue weighted by Crippen LogP contribution is 2.45. The van der Waals surface area contributed by atoms with Crippen LogP contribution in [0.4, 0.5) is 0 Å². The van der Waals surface area contributed by atoms with E-state index in [9.17, 15) is 4.79 Å². The summed E-state index contributed by atoms with van der Waals surface area (Å²) in [6, 6.07) is 0. The van der Waals surface area contributed by atoms with Gasteiger partial charge in [-0.2, -0.15) is 0 Å². The van der Waals surface area contributed by atoms with Crippen LogP contribution in [0.5, 0.6) is 0 Å². The third-order valence-corrected chi connectivity index (χ3v) is 2.04. The second-order valence-electron chi connectivity index (χ2n) is 4.76. The highest BCUT2D eigenvalue weighted by molar-refractivity contribution is 5.85. The van der Waals surface area contributed by atoms with Crippen LogP contribution >= 0.6 is 0 Å². The first-order chi connectivity index (χ1) is 4.83. The van der Waals surface area contributed by atoms with Crippen LogP contribution in [0.25, 0.3) is 0 Å². The summed E-state index contributed by atoms with van der Waals surface area (Å²) in [6.45, 7) is 8.05. The van der Waals surface area contributed by atoms with Gasteiger partial charge in [0.25, 0.3) is 0 Å². The predicted molar refractivity (Wildman–Crippen MR) is 45.2 cm³/mol. The highest BCUT2D eigenvalue weighted by Gasteiger charge is 2.45. The summed E-state index contributed by atoms with van der Waals surface area (Å²) in [7, 11) is 0. The topological polar surface area (TPSA) is 29.1 Å². The Morgan fingerprint density at radius 2 is 1.82 bits per heavy atom. The largest absolute Gasteiger partial charge is 0.351 e. The smallest absolute Gasteiger partial charge is 0.226 e. The van der Waals surface area contributed by atoms with Gasteiger partial charge in [0.15, 0.2) is 0 Å². The predicted octanol–water partition coefficient (Wildman–Crippen LogP) is 1.70. The van der Waals surface area contributed by atoms with Crippen LogP contribution in [0.15, 0.2) is 0 Å². The van der Waals surface area contributed by atoms with E-state index in [0.29, 0.717) is 0 Å². The van der Waals surface area contributed by atoms with E-state index in [4.69, 9.17) is 0 Å². The van der Waals surface area contributed by atoms with Gasteiger partial charge in [-0.05, 0) is 33.6 Å². The molecule has 0 unspecified atom stereocenters. The summed E-state index contributed by atoms with van der Waals surface area (Å²) in [6.07, 6.45) is 2.10. The number of hydrogen-bond acceptors (Lipinski definition) is 1. The van der Waals surface area contributed by atoms with E-state index in [1.54, 1.807) is 0 Å². The van der Waals surface area contributed by atoms with Gasteiger partial charge < -0.3 is 5.32 Å². The van der Waals surface area contributed by atoms with Crippen molar-refractivity contribution >= 4 is 5.91 Å². The average Bonchev–Trinajstić information content (AvgIpc) is 2.44. The summed E-state index contributed by atoms with van der Waals surface area (Å²) < 4.78 is 0. The first-order valence-electron chi connectivity index (χ1n) is 4.16. The van der Waals surface area contributed by atoms with Gasteiger partial charge in [0.05, 0.1) is 0 Å². The molecule has 2 heteroatoms. The second-order valence-corrected chi connectivity index (χ2v) is 4.76. The lowest BCUT2D eigenvalue weighted by Crippen LogP contribution is -2.43. The molecule has 1 aliphatic rings. The van der Waals surface area contributed by atoms with Crippen LogP contribution in [-0.4, -0.2) is 11.4 Å². The van der Waals surface area contributed by atoms with Gasteiger partial charge >= 0.3 is 0 Å². The van der Waals surface area contributed by atoms with E-state index >= 15 is 0 Å². The van der Waals surface area contributed by atoms with Gasteiger partial charge in [-0.3, -0.25) is 4.79 Å². The third kappa shape index (κ3) is 2.21. The first-order valence-corrected chi connectivity index (χ1v) is 4.16. The summed E-state index contributed by atoms with van der Waals surface area (Å²) in [4.78, 5) is 11.4. The lowest BCUT2D eigenvalue weighted by Gasteiger charge is -2.22. The monoisotopic (exact) mass is 155 g/mol. The van der Waals surface area contributed by atoms with Crippen molar-refractivity contribution in [2.75, 3.05) is 0 Å². The fourth-order valence-electron chi connectivity index (χ4n) is 0.906. The molecule has 64 valence electrons. The number of carbonyl (C=O) groups is 1. The Balaban J connectivity index is 2.45. The Labute approximate surface area is 68.4 Å². The minimum atomic E-state index is -0.0807. The standard InChI is InChI=1S/C9H17NO/c1-8(2,3)10-7(11)9(4)5-6-9/h5-6H2,1-4H3,(H,10,11). The molecule has 0 aromatic heterocycles. The van der Waals surface area contributed by atoms with Crippen molar-refractivity contribution in [1.29, 1.82) is 0 Å². The SMILES string of the molecule is CC(C)(C)NC(=O)C1(C)CC1. The van der Waals surface area contributed by atoms with Crippen LogP contribution in [0.2, 0.25) is 0 Å². The van der Waals surface area contributed by atoms with E-state index in [1.807, 2.05) is 27.7 Å². The molecule has 0 radical (unpaired) electrons. The summed E-state index contributed by atoms with van der Waals surface area (Å²) in [5.41, 5.74) is -0.115. The normalized spacial score (nSPS) is 21.1. The quantitative estimate of drug-likeness (QED) is 0.613. The van der Waals surface area contributed by atoms with E-state index in [2.05, 4.69) is 5.32 Å². The van der Waals surface area contributed by atoms with Crippen LogP contribution < -0.4 is 5.32 Å². The number of amides is 1. The Morgan fingerprint density at radius 3 is 2.09 bits per heavy atom. The molecule has 0 atom stereocenters. The van der Waals surface area contributed by atoms with Crippen LogP contribution in [0.3, 0.4) is 0 Å². The maximum absolute atomic E-state index is 11.4. The highest BCUT2D eigenvalue weighted by atomic mass is 16.2. The van der Waals surface area contributed by atoms with Crippen LogP contribution in [-0.2, 0) is 4.79 Å². The van der Waals surface area contributed by atoms with Crippen molar-refractivity contribution < 1.29 is 4.79 Å². The Bertz CT molecular complexity index is 174. The lowest BCUT2D eigenvalue weighted by molar-refractivity contribution is -0.127. The fraction of sp³-hybridized carbons (Fsp3) is 0.889. The molecule has 1 rings (SSSR count). The molecule has 1 N–H and O–H groups in total. The average molecular weight is 155 g/mol. The van der Waals surface area contributed by atoms with E-state index in [0.717, 1.165) is 12.8 Å². The molecule has 11 heavy (non-hydrogen) atoms. The molecule has 0 heterocycles. The molecular formula is C9H17NO. The third-order valence-electron chi connectivity index (χ3n) is 2.04.